The predicted molar refractivity (Wildman–Crippen MR) is 87.0 cm³/mol. The van der Waals surface area contributed by atoms with Crippen molar-refractivity contribution < 1.29 is 0 Å². The molecule has 2 N–H and O–H groups in total. The van der Waals surface area contributed by atoms with Gasteiger partial charge in [0, 0.05) is 11.3 Å². The molecule has 3 heteroatoms. The Morgan fingerprint density at radius 1 is 1.24 bits per heavy atom. The summed E-state index contributed by atoms with van der Waals surface area (Å²) >= 11 is 0. The molecule has 0 spiro atoms. The maximum Gasteiger partial charge on any atom is 0.142 e. The monoisotopic (exact) mass is 279 g/mol. The van der Waals surface area contributed by atoms with Gasteiger partial charge in [-0.25, -0.2) is 4.98 Å². The molecule has 2 aromatic rings. The minimum atomic E-state index is 0.322. The third-order valence-corrected chi connectivity index (χ3v) is 3.88. The van der Waals surface area contributed by atoms with Gasteiger partial charge in [-0.15, -0.1) is 0 Å². The van der Waals surface area contributed by atoms with E-state index in [2.05, 4.69) is 49.2 Å². The standard InChI is InChI=1S/C18H21N3/c1-5-16-12(4)17(15(10-19)18(20)21-16)14-8-6-13(7-9-14)11(2)3/h6-9,11H,5H2,1-4H3,(H2,20,21). The van der Waals surface area contributed by atoms with Gasteiger partial charge in [-0.1, -0.05) is 45.0 Å². The minimum Gasteiger partial charge on any atom is -0.383 e. The lowest BCUT2D eigenvalue weighted by atomic mass is 9.92. The van der Waals surface area contributed by atoms with E-state index in [-0.39, 0.29) is 0 Å². The van der Waals surface area contributed by atoms with E-state index in [1.807, 2.05) is 13.8 Å². The Morgan fingerprint density at radius 3 is 2.33 bits per heavy atom. The summed E-state index contributed by atoms with van der Waals surface area (Å²) in [4.78, 5) is 4.35. The summed E-state index contributed by atoms with van der Waals surface area (Å²) in [7, 11) is 0. The van der Waals surface area contributed by atoms with Crippen LogP contribution in [0.2, 0.25) is 0 Å². The van der Waals surface area contributed by atoms with Crippen molar-refractivity contribution in [3.05, 3.63) is 46.6 Å². The smallest absolute Gasteiger partial charge is 0.142 e. The van der Waals surface area contributed by atoms with E-state index < -0.39 is 0 Å². The topological polar surface area (TPSA) is 62.7 Å². The third kappa shape index (κ3) is 2.75. The number of rotatable bonds is 3. The first kappa shape index (κ1) is 15.1. The normalized spacial score (nSPS) is 10.7. The molecule has 2 rings (SSSR count). The van der Waals surface area contributed by atoms with Crippen LogP contribution in [-0.4, -0.2) is 4.98 Å². The molecule has 1 aromatic carbocycles. The van der Waals surface area contributed by atoms with Crippen LogP contribution in [0, 0.1) is 18.3 Å². The maximum atomic E-state index is 9.42. The highest BCUT2D eigenvalue weighted by atomic mass is 14.8. The molecule has 1 heterocycles. The molecule has 0 aliphatic rings. The number of benzene rings is 1. The van der Waals surface area contributed by atoms with Crippen molar-refractivity contribution in [3.63, 3.8) is 0 Å². The molecule has 1 aromatic heterocycles. The maximum absolute atomic E-state index is 9.42. The Balaban J connectivity index is 2.67. The highest BCUT2D eigenvalue weighted by Gasteiger charge is 2.16. The Kier molecular flexibility index (Phi) is 4.28. The number of nitrogen functional groups attached to an aromatic ring is 1. The number of pyridine rings is 1. The van der Waals surface area contributed by atoms with Crippen LogP contribution < -0.4 is 5.73 Å². The molecule has 0 saturated heterocycles. The Hall–Kier alpha value is -2.34. The van der Waals surface area contributed by atoms with E-state index in [4.69, 9.17) is 5.73 Å². The fourth-order valence-corrected chi connectivity index (χ4v) is 2.60. The number of nitrogens with zero attached hydrogens (tertiary/aromatic N) is 2. The van der Waals surface area contributed by atoms with Crippen LogP contribution in [0.3, 0.4) is 0 Å². The quantitative estimate of drug-likeness (QED) is 0.916. The second-order valence-corrected chi connectivity index (χ2v) is 5.56. The van der Waals surface area contributed by atoms with Crippen LogP contribution in [0.4, 0.5) is 5.82 Å². The second kappa shape index (κ2) is 5.97. The molecule has 21 heavy (non-hydrogen) atoms. The third-order valence-electron chi connectivity index (χ3n) is 3.88. The van der Waals surface area contributed by atoms with E-state index in [1.54, 1.807) is 0 Å². The minimum absolute atomic E-state index is 0.322. The highest BCUT2D eigenvalue weighted by Crippen LogP contribution is 2.32. The fourth-order valence-electron chi connectivity index (χ4n) is 2.60. The van der Waals surface area contributed by atoms with Crippen LogP contribution in [0.1, 0.15) is 49.1 Å². The van der Waals surface area contributed by atoms with Crippen LogP contribution in [0.5, 0.6) is 0 Å². The zero-order chi connectivity index (χ0) is 15.6. The number of anilines is 1. The van der Waals surface area contributed by atoms with E-state index >= 15 is 0 Å². The van der Waals surface area contributed by atoms with Crippen molar-refractivity contribution >= 4 is 5.82 Å². The van der Waals surface area contributed by atoms with Crippen molar-refractivity contribution in [2.24, 2.45) is 0 Å². The molecular weight excluding hydrogens is 258 g/mol. The predicted octanol–water partition coefficient (Wildman–Crippen LogP) is 4.20. The summed E-state index contributed by atoms with van der Waals surface area (Å²) in [5, 5.41) is 9.42. The Labute approximate surface area is 126 Å². The van der Waals surface area contributed by atoms with Crippen molar-refractivity contribution in [1.29, 1.82) is 5.26 Å². The average Bonchev–Trinajstić information content (AvgIpc) is 2.48. The second-order valence-electron chi connectivity index (χ2n) is 5.56. The van der Waals surface area contributed by atoms with Gasteiger partial charge in [-0.3, -0.25) is 0 Å². The zero-order valence-electron chi connectivity index (χ0n) is 13.1. The molecule has 0 aliphatic carbocycles. The van der Waals surface area contributed by atoms with E-state index in [9.17, 15) is 5.26 Å². The lowest BCUT2D eigenvalue weighted by molar-refractivity contribution is 0.867. The highest BCUT2D eigenvalue weighted by molar-refractivity contribution is 5.79. The Bertz CT molecular complexity index is 691. The van der Waals surface area contributed by atoms with Crippen LogP contribution >= 0.6 is 0 Å². The van der Waals surface area contributed by atoms with Crippen molar-refractivity contribution in [2.75, 3.05) is 5.73 Å². The number of nitrogens with two attached hydrogens (primary N) is 1. The van der Waals surface area contributed by atoms with E-state index in [1.165, 1.54) is 5.56 Å². The van der Waals surface area contributed by atoms with Gasteiger partial charge in [0.2, 0.25) is 0 Å². The molecule has 0 saturated carbocycles. The van der Waals surface area contributed by atoms with Crippen molar-refractivity contribution in [3.8, 4) is 17.2 Å². The van der Waals surface area contributed by atoms with Gasteiger partial charge in [-0.05, 0) is 36.0 Å². The number of aromatic nitrogens is 1. The lowest BCUT2D eigenvalue weighted by Crippen LogP contribution is -2.05. The Morgan fingerprint density at radius 2 is 1.86 bits per heavy atom. The number of nitriles is 1. The van der Waals surface area contributed by atoms with Gasteiger partial charge in [0.15, 0.2) is 0 Å². The first-order valence-electron chi connectivity index (χ1n) is 7.28. The van der Waals surface area contributed by atoms with Gasteiger partial charge in [0.05, 0.1) is 0 Å². The average molecular weight is 279 g/mol. The molecule has 0 radical (unpaired) electrons. The molecule has 0 unspecified atom stereocenters. The zero-order valence-corrected chi connectivity index (χ0v) is 13.1. The first-order valence-corrected chi connectivity index (χ1v) is 7.28. The van der Waals surface area contributed by atoms with E-state index in [0.29, 0.717) is 17.3 Å². The van der Waals surface area contributed by atoms with Crippen LogP contribution in [-0.2, 0) is 6.42 Å². The van der Waals surface area contributed by atoms with Gasteiger partial charge >= 0.3 is 0 Å². The van der Waals surface area contributed by atoms with Crippen molar-refractivity contribution in [1.82, 2.24) is 4.98 Å². The number of aryl methyl sites for hydroxylation is 1. The fraction of sp³-hybridized carbons (Fsp3) is 0.333. The number of hydrogen-bond acceptors (Lipinski definition) is 3. The molecular formula is C18H21N3. The number of hydrogen-bond donors (Lipinski definition) is 1. The van der Waals surface area contributed by atoms with Crippen molar-refractivity contribution in [2.45, 2.75) is 40.0 Å². The summed E-state index contributed by atoms with van der Waals surface area (Å²) in [6, 6.07) is 10.6. The summed E-state index contributed by atoms with van der Waals surface area (Å²) in [6.45, 7) is 8.39. The SMILES string of the molecule is CCc1nc(N)c(C#N)c(-c2ccc(C(C)C)cc2)c1C. The summed E-state index contributed by atoms with van der Waals surface area (Å²) < 4.78 is 0. The van der Waals surface area contributed by atoms with Crippen LogP contribution in [0.25, 0.3) is 11.1 Å². The molecule has 0 bridgehead atoms. The van der Waals surface area contributed by atoms with Gasteiger partial charge < -0.3 is 5.73 Å². The van der Waals surface area contributed by atoms with Gasteiger partial charge in [-0.2, -0.15) is 5.26 Å². The summed E-state index contributed by atoms with van der Waals surface area (Å²) in [6.07, 6.45) is 0.804. The molecule has 0 fully saturated rings. The molecule has 0 aliphatic heterocycles. The van der Waals surface area contributed by atoms with E-state index in [0.717, 1.165) is 28.8 Å². The van der Waals surface area contributed by atoms with Gasteiger partial charge in [0.25, 0.3) is 0 Å². The molecule has 0 amide bonds. The van der Waals surface area contributed by atoms with Gasteiger partial charge in [0.1, 0.15) is 17.5 Å². The first-order chi connectivity index (χ1) is 9.99. The lowest BCUT2D eigenvalue weighted by Gasteiger charge is -2.15. The molecule has 0 atom stereocenters. The summed E-state index contributed by atoms with van der Waals surface area (Å²) in [5.41, 5.74) is 11.7. The molecule has 3 nitrogen and oxygen atoms in total. The largest absolute Gasteiger partial charge is 0.383 e. The molecule has 108 valence electrons. The summed E-state index contributed by atoms with van der Waals surface area (Å²) in [5.74, 6) is 0.812. The van der Waals surface area contributed by atoms with Crippen LogP contribution in [0.15, 0.2) is 24.3 Å².